The standard InChI is InChI=1S/C29H29ClN6O/c1-18-16-22(27-32-34-35-33-27)17-19(2)26(18)37-29(21-8-4-3-5-9-21)36-25-11-7-6-10-24(25)31-28(36)20-12-14-23(30)15-13-20/h6-7,10-17,21,29H,3-5,8-9H2,1-2H3,(H,32,33,34,35). The maximum absolute atomic E-state index is 7.06. The van der Waals surface area contributed by atoms with Gasteiger partial charge < -0.3 is 4.74 Å². The number of fused-ring (bicyclic) bond motifs is 1. The number of nitrogens with zero attached hydrogens (tertiary/aromatic N) is 5. The van der Waals surface area contributed by atoms with Gasteiger partial charge in [-0.25, -0.2) is 10.1 Å². The topological polar surface area (TPSA) is 81.5 Å². The molecule has 2 heterocycles. The molecule has 1 fully saturated rings. The number of rotatable bonds is 6. The van der Waals surface area contributed by atoms with Crippen molar-refractivity contribution < 1.29 is 4.74 Å². The Morgan fingerprint density at radius 1 is 0.946 bits per heavy atom. The van der Waals surface area contributed by atoms with Crippen molar-refractivity contribution in [2.24, 2.45) is 5.92 Å². The van der Waals surface area contributed by atoms with Crippen molar-refractivity contribution in [2.75, 3.05) is 0 Å². The molecule has 8 heteroatoms. The van der Waals surface area contributed by atoms with Crippen LogP contribution in [0.4, 0.5) is 0 Å². The minimum absolute atomic E-state index is 0.200. The minimum Gasteiger partial charge on any atom is -0.469 e. The van der Waals surface area contributed by atoms with Gasteiger partial charge in [0.15, 0.2) is 12.1 Å². The fraction of sp³-hybridized carbons (Fsp3) is 0.310. The van der Waals surface area contributed by atoms with Crippen LogP contribution < -0.4 is 4.74 Å². The molecule has 0 saturated heterocycles. The van der Waals surface area contributed by atoms with E-state index in [9.17, 15) is 0 Å². The highest BCUT2D eigenvalue weighted by Gasteiger charge is 2.31. The van der Waals surface area contributed by atoms with Gasteiger partial charge in [0.25, 0.3) is 0 Å². The largest absolute Gasteiger partial charge is 0.469 e. The highest BCUT2D eigenvalue weighted by atomic mass is 35.5. The van der Waals surface area contributed by atoms with E-state index in [-0.39, 0.29) is 6.23 Å². The molecular weight excluding hydrogens is 484 g/mol. The number of halogens is 1. The van der Waals surface area contributed by atoms with Crippen molar-refractivity contribution in [3.05, 3.63) is 76.8 Å². The van der Waals surface area contributed by atoms with Crippen LogP contribution in [0.3, 0.4) is 0 Å². The maximum atomic E-state index is 7.06. The van der Waals surface area contributed by atoms with E-state index in [0.29, 0.717) is 16.8 Å². The van der Waals surface area contributed by atoms with Gasteiger partial charge in [-0.2, -0.15) is 0 Å². The number of para-hydroxylation sites is 2. The summed E-state index contributed by atoms with van der Waals surface area (Å²) in [6.45, 7) is 4.17. The Kier molecular flexibility index (Phi) is 6.38. The highest BCUT2D eigenvalue weighted by Crippen LogP contribution is 2.41. The predicted octanol–water partition coefficient (Wildman–Crippen LogP) is 7.31. The van der Waals surface area contributed by atoms with Crippen LogP contribution in [0.15, 0.2) is 60.7 Å². The van der Waals surface area contributed by atoms with Gasteiger partial charge in [0.1, 0.15) is 11.6 Å². The highest BCUT2D eigenvalue weighted by molar-refractivity contribution is 6.30. The summed E-state index contributed by atoms with van der Waals surface area (Å²) in [6.07, 6.45) is 5.74. The Labute approximate surface area is 220 Å². The molecule has 6 rings (SSSR count). The van der Waals surface area contributed by atoms with Crippen LogP contribution in [0.1, 0.15) is 49.5 Å². The van der Waals surface area contributed by atoms with Crippen LogP contribution >= 0.6 is 11.6 Å². The molecule has 0 aliphatic heterocycles. The fourth-order valence-electron chi connectivity index (χ4n) is 5.56. The number of aryl methyl sites for hydroxylation is 2. The van der Waals surface area contributed by atoms with Crippen molar-refractivity contribution in [1.82, 2.24) is 30.2 Å². The van der Waals surface area contributed by atoms with Gasteiger partial charge in [-0.1, -0.05) is 43.0 Å². The molecule has 1 saturated carbocycles. The third-order valence-corrected chi connectivity index (χ3v) is 7.58. The molecule has 0 bridgehead atoms. The van der Waals surface area contributed by atoms with Gasteiger partial charge in [0.2, 0.25) is 0 Å². The number of ether oxygens (including phenoxy) is 1. The molecule has 0 amide bonds. The van der Waals surface area contributed by atoms with Gasteiger partial charge >= 0.3 is 0 Å². The molecule has 1 aliphatic rings. The Morgan fingerprint density at radius 2 is 1.68 bits per heavy atom. The average Bonchev–Trinajstić information content (AvgIpc) is 3.58. The third kappa shape index (κ3) is 4.60. The molecule has 0 spiro atoms. The summed E-state index contributed by atoms with van der Waals surface area (Å²) < 4.78 is 9.37. The summed E-state index contributed by atoms with van der Waals surface area (Å²) in [5.41, 5.74) is 6.08. The number of benzene rings is 3. The molecular formula is C29H29ClN6O. The van der Waals surface area contributed by atoms with E-state index in [4.69, 9.17) is 21.3 Å². The second kappa shape index (κ2) is 9.98. The minimum atomic E-state index is -0.200. The number of hydrogen-bond acceptors (Lipinski definition) is 5. The normalized spacial score (nSPS) is 15.2. The lowest BCUT2D eigenvalue weighted by Gasteiger charge is -2.34. The summed E-state index contributed by atoms with van der Waals surface area (Å²) >= 11 is 6.23. The molecule has 1 atom stereocenters. The van der Waals surface area contributed by atoms with Crippen LogP contribution in [0, 0.1) is 19.8 Å². The molecule has 3 aromatic carbocycles. The van der Waals surface area contributed by atoms with E-state index < -0.39 is 0 Å². The Morgan fingerprint density at radius 3 is 2.38 bits per heavy atom. The second-order valence-electron chi connectivity index (χ2n) is 9.90. The summed E-state index contributed by atoms with van der Waals surface area (Å²) in [7, 11) is 0. The number of tetrazole rings is 1. The first-order chi connectivity index (χ1) is 18.1. The van der Waals surface area contributed by atoms with Gasteiger partial charge in [-0.3, -0.25) is 4.57 Å². The zero-order valence-corrected chi connectivity index (χ0v) is 21.7. The molecule has 1 aliphatic carbocycles. The zero-order valence-electron chi connectivity index (χ0n) is 21.0. The maximum Gasteiger partial charge on any atom is 0.180 e. The van der Waals surface area contributed by atoms with Gasteiger partial charge in [-0.05, 0) is 96.8 Å². The smallest absolute Gasteiger partial charge is 0.180 e. The summed E-state index contributed by atoms with van der Waals surface area (Å²) in [5, 5.41) is 15.1. The van der Waals surface area contributed by atoms with Gasteiger partial charge in [0, 0.05) is 22.1 Å². The van der Waals surface area contributed by atoms with E-state index in [2.05, 4.69) is 69.4 Å². The number of nitrogens with one attached hydrogen (secondary N) is 1. The first-order valence-electron chi connectivity index (χ1n) is 12.8. The summed E-state index contributed by atoms with van der Waals surface area (Å²) in [6, 6.07) is 20.4. The number of hydrogen-bond donors (Lipinski definition) is 1. The van der Waals surface area contributed by atoms with E-state index in [1.807, 2.05) is 30.3 Å². The van der Waals surface area contributed by atoms with E-state index in [1.54, 1.807) is 0 Å². The Hall–Kier alpha value is -3.71. The van der Waals surface area contributed by atoms with Crippen LogP contribution in [0.2, 0.25) is 5.02 Å². The number of aromatic nitrogens is 6. The van der Waals surface area contributed by atoms with Crippen LogP contribution in [0.25, 0.3) is 33.8 Å². The van der Waals surface area contributed by atoms with E-state index in [1.165, 1.54) is 19.3 Å². The Balaban J connectivity index is 1.49. The van der Waals surface area contributed by atoms with Crippen molar-refractivity contribution >= 4 is 22.6 Å². The summed E-state index contributed by atoms with van der Waals surface area (Å²) in [5.74, 6) is 2.81. The van der Waals surface area contributed by atoms with Crippen molar-refractivity contribution in [1.29, 1.82) is 0 Å². The van der Waals surface area contributed by atoms with Crippen molar-refractivity contribution in [2.45, 2.75) is 52.2 Å². The second-order valence-corrected chi connectivity index (χ2v) is 10.3. The van der Waals surface area contributed by atoms with E-state index >= 15 is 0 Å². The number of aromatic amines is 1. The molecule has 1 N–H and O–H groups in total. The lowest BCUT2D eigenvalue weighted by molar-refractivity contribution is 0.0505. The SMILES string of the molecule is Cc1cc(-c2nnn[nH]2)cc(C)c1OC(C1CCCCC1)n1c(-c2ccc(Cl)cc2)nc2ccccc21. The number of H-pyrrole nitrogens is 1. The van der Waals surface area contributed by atoms with Gasteiger partial charge in [-0.15, -0.1) is 5.10 Å². The molecule has 5 aromatic rings. The molecule has 37 heavy (non-hydrogen) atoms. The quantitative estimate of drug-likeness (QED) is 0.258. The first kappa shape index (κ1) is 23.7. The van der Waals surface area contributed by atoms with Crippen LogP contribution in [-0.4, -0.2) is 30.2 Å². The van der Waals surface area contributed by atoms with Crippen LogP contribution in [0.5, 0.6) is 5.75 Å². The molecule has 0 radical (unpaired) electrons. The fourth-order valence-corrected chi connectivity index (χ4v) is 5.68. The van der Waals surface area contributed by atoms with Crippen molar-refractivity contribution in [3.63, 3.8) is 0 Å². The Bertz CT molecular complexity index is 1500. The first-order valence-corrected chi connectivity index (χ1v) is 13.2. The molecule has 188 valence electrons. The third-order valence-electron chi connectivity index (χ3n) is 7.32. The molecule has 2 aromatic heterocycles. The molecule has 7 nitrogen and oxygen atoms in total. The van der Waals surface area contributed by atoms with Crippen molar-refractivity contribution in [3.8, 4) is 28.5 Å². The average molecular weight is 513 g/mol. The van der Waals surface area contributed by atoms with Gasteiger partial charge in [0.05, 0.1) is 11.0 Å². The van der Waals surface area contributed by atoms with Crippen LogP contribution in [-0.2, 0) is 0 Å². The molecule has 1 unspecified atom stereocenters. The number of imidazole rings is 1. The monoisotopic (exact) mass is 512 g/mol. The zero-order chi connectivity index (χ0) is 25.4. The van der Waals surface area contributed by atoms with E-state index in [0.717, 1.165) is 57.7 Å². The lowest BCUT2D eigenvalue weighted by Crippen LogP contribution is -2.28. The predicted molar refractivity (Wildman–Crippen MR) is 146 cm³/mol. The lowest BCUT2D eigenvalue weighted by atomic mass is 9.87. The summed E-state index contributed by atoms with van der Waals surface area (Å²) in [4.78, 5) is 5.08.